The van der Waals surface area contributed by atoms with Crippen molar-refractivity contribution in [3.63, 3.8) is 0 Å². The Bertz CT molecular complexity index is 558. The summed E-state index contributed by atoms with van der Waals surface area (Å²) in [6, 6.07) is 6.49. The second kappa shape index (κ2) is 5.97. The van der Waals surface area contributed by atoms with E-state index >= 15 is 0 Å². The summed E-state index contributed by atoms with van der Waals surface area (Å²) in [6.45, 7) is 0.444. The molecule has 5 nitrogen and oxygen atoms in total. The van der Waals surface area contributed by atoms with Crippen LogP contribution in [-0.4, -0.2) is 46.1 Å². The molecule has 2 aliphatic rings. The van der Waals surface area contributed by atoms with Crippen molar-refractivity contribution < 1.29 is 14.7 Å². The number of carboxylic acids is 1. The largest absolute Gasteiger partial charge is 0.479 e. The number of thioether (sulfide) groups is 1. The summed E-state index contributed by atoms with van der Waals surface area (Å²) in [5, 5.41) is 12.5. The Balaban J connectivity index is 1.81. The van der Waals surface area contributed by atoms with E-state index in [-0.39, 0.29) is 12.1 Å². The van der Waals surface area contributed by atoms with Gasteiger partial charge in [-0.2, -0.15) is 11.8 Å². The van der Waals surface area contributed by atoms with Crippen molar-refractivity contribution in [2.24, 2.45) is 0 Å². The number of carboxylic acid groups (broad SMARTS) is 1. The maximum absolute atomic E-state index is 12.4. The molecule has 1 fully saturated rings. The van der Waals surface area contributed by atoms with Crippen LogP contribution in [0, 0.1) is 0 Å². The van der Waals surface area contributed by atoms with Crippen molar-refractivity contribution >= 4 is 23.8 Å². The van der Waals surface area contributed by atoms with Gasteiger partial charge in [0.15, 0.2) is 6.04 Å². The molecule has 21 heavy (non-hydrogen) atoms. The van der Waals surface area contributed by atoms with Crippen molar-refractivity contribution in [1.82, 2.24) is 10.2 Å². The highest BCUT2D eigenvalue weighted by molar-refractivity contribution is 7.99. The molecule has 6 heteroatoms. The van der Waals surface area contributed by atoms with Crippen molar-refractivity contribution in [2.75, 3.05) is 18.1 Å². The molecule has 2 heterocycles. The molecule has 2 aliphatic heterocycles. The topological polar surface area (TPSA) is 69.6 Å². The Morgan fingerprint density at radius 2 is 2.14 bits per heavy atom. The van der Waals surface area contributed by atoms with E-state index in [4.69, 9.17) is 0 Å². The van der Waals surface area contributed by atoms with E-state index in [0.29, 0.717) is 13.0 Å². The minimum Gasteiger partial charge on any atom is -0.479 e. The molecule has 112 valence electrons. The highest BCUT2D eigenvalue weighted by atomic mass is 32.2. The summed E-state index contributed by atoms with van der Waals surface area (Å²) in [5.74, 6) is 0.988. The van der Waals surface area contributed by atoms with E-state index < -0.39 is 12.0 Å². The third-order valence-electron chi connectivity index (χ3n) is 4.04. The fourth-order valence-electron chi connectivity index (χ4n) is 2.96. The number of benzene rings is 1. The number of rotatable bonds is 2. The molecular formula is C15H18N2O3S. The van der Waals surface area contributed by atoms with Crippen molar-refractivity contribution in [3.8, 4) is 0 Å². The molecule has 0 bridgehead atoms. The zero-order valence-corrected chi connectivity index (χ0v) is 12.4. The predicted molar refractivity (Wildman–Crippen MR) is 81.5 cm³/mol. The smallest absolute Gasteiger partial charge is 0.331 e. The van der Waals surface area contributed by atoms with Crippen LogP contribution in [0.2, 0.25) is 0 Å². The van der Waals surface area contributed by atoms with E-state index in [1.807, 2.05) is 30.0 Å². The van der Waals surface area contributed by atoms with Gasteiger partial charge in [0.1, 0.15) is 0 Å². The maximum Gasteiger partial charge on any atom is 0.331 e. The lowest BCUT2D eigenvalue weighted by Crippen LogP contribution is -2.50. The van der Waals surface area contributed by atoms with Gasteiger partial charge in [-0.05, 0) is 29.7 Å². The van der Waals surface area contributed by atoms with E-state index in [1.165, 1.54) is 4.90 Å². The van der Waals surface area contributed by atoms with Crippen LogP contribution >= 0.6 is 11.8 Å². The SMILES string of the molecule is O=C(O)C1c2ccccc2CCN1C(=O)NC1CCSC1. The van der Waals surface area contributed by atoms with Gasteiger partial charge in [-0.3, -0.25) is 0 Å². The first-order valence-electron chi connectivity index (χ1n) is 7.12. The number of amides is 2. The van der Waals surface area contributed by atoms with Crippen LogP contribution in [-0.2, 0) is 11.2 Å². The summed E-state index contributed by atoms with van der Waals surface area (Å²) in [6.07, 6.45) is 1.66. The van der Waals surface area contributed by atoms with Crippen molar-refractivity contribution in [2.45, 2.75) is 24.9 Å². The van der Waals surface area contributed by atoms with Gasteiger partial charge >= 0.3 is 12.0 Å². The van der Waals surface area contributed by atoms with Crippen LogP contribution < -0.4 is 5.32 Å². The van der Waals surface area contributed by atoms with Gasteiger partial charge in [-0.1, -0.05) is 24.3 Å². The highest BCUT2D eigenvalue weighted by Gasteiger charge is 2.36. The first-order chi connectivity index (χ1) is 10.2. The molecule has 0 saturated carbocycles. The van der Waals surface area contributed by atoms with Crippen molar-refractivity contribution in [1.29, 1.82) is 0 Å². The number of hydrogen-bond acceptors (Lipinski definition) is 3. The molecule has 3 rings (SSSR count). The minimum absolute atomic E-state index is 0.161. The minimum atomic E-state index is -0.974. The molecule has 0 aliphatic carbocycles. The molecule has 2 unspecified atom stereocenters. The van der Waals surface area contributed by atoms with E-state index in [9.17, 15) is 14.7 Å². The lowest BCUT2D eigenvalue weighted by Gasteiger charge is -2.35. The van der Waals surface area contributed by atoms with Crippen LogP contribution in [0.1, 0.15) is 23.6 Å². The van der Waals surface area contributed by atoms with E-state index in [1.54, 1.807) is 6.07 Å². The summed E-state index contributed by atoms with van der Waals surface area (Å²) in [7, 11) is 0. The average Bonchev–Trinajstić information content (AvgIpc) is 2.98. The second-order valence-corrected chi connectivity index (χ2v) is 6.54. The molecule has 1 saturated heterocycles. The maximum atomic E-state index is 12.4. The summed E-state index contributed by atoms with van der Waals surface area (Å²) < 4.78 is 0. The molecular weight excluding hydrogens is 288 g/mol. The summed E-state index contributed by atoms with van der Waals surface area (Å²) in [5.41, 5.74) is 1.75. The first kappa shape index (κ1) is 14.3. The third kappa shape index (κ3) is 2.85. The van der Waals surface area contributed by atoms with E-state index in [0.717, 1.165) is 29.1 Å². The van der Waals surface area contributed by atoms with Crippen LogP contribution in [0.5, 0.6) is 0 Å². The number of fused-ring (bicyclic) bond motifs is 1. The quantitative estimate of drug-likeness (QED) is 0.875. The summed E-state index contributed by atoms with van der Waals surface area (Å²) >= 11 is 1.82. The fraction of sp³-hybridized carbons (Fsp3) is 0.467. The molecule has 1 aromatic carbocycles. The van der Waals surface area contributed by atoms with Crippen molar-refractivity contribution in [3.05, 3.63) is 35.4 Å². The summed E-state index contributed by atoms with van der Waals surface area (Å²) in [4.78, 5) is 25.5. The third-order valence-corrected chi connectivity index (χ3v) is 5.20. The van der Waals surface area contributed by atoms with Crippen LogP contribution in [0.25, 0.3) is 0 Å². The number of nitrogens with one attached hydrogen (secondary N) is 1. The molecule has 2 amide bonds. The molecule has 2 N–H and O–H groups in total. The van der Waals surface area contributed by atoms with Crippen LogP contribution in [0.15, 0.2) is 24.3 Å². The second-order valence-electron chi connectivity index (χ2n) is 5.39. The van der Waals surface area contributed by atoms with Gasteiger partial charge in [-0.25, -0.2) is 9.59 Å². The number of carbonyl (C=O) groups excluding carboxylic acids is 1. The fourth-order valence-corrected chi connectivity index (χ4v) is 4.11. The van der Waals surface area contributed by atoms with Gasteiger partial charge in [0.05, 0.1) is 0 Å². The predicted octanol–water partition coefficient (Wildman–Crippen LogP) is 1.89. The number of urea groups is 1. The number of hydrogen-bond donors (Lipinski definition) is 2. The Labute approximate surface area is 127 Å². The lowest BCUT2D eigenvalue weighted by molar-refractivity contribution is -0.142. The van der Waals surface area contributed by atoms with Gasteiger partial charge in [0, 0.05) is 18.3 Å². The Morgan fingerprint density at radius 1 is 1.33 bits per heavy atom. The Hall–Kier alpha value is -1.69. The average molecular weight is 306 g/mol. The molecule has 0 spiro atoms. The molecule has 2 atom stereocenters. The first-order valence-corrected chi connectivity index (χ1v) is 8.28. The lowest BCUT2D eigenvalue weighted by atomic mass is 9.93. The zero-order valence-electron chi connectivity index (χ0n) is 11.6. The molecule has 0 aromatic heterocycles. The standard InChI is InChI=1S/C15H18N2O3S/c18-14(19)13-12-4-2-1-3-10(12)5-7-17(13)15(20)16-11-6-8-21-9-11/h1-4,11,13H,5-9H2,(H,16,20)(H,18,19). The zero-order chi connectivity index (χ0) is 14.8. The molecule has 1 aromatic rings. The molecule has 0 radical (unpaired) electrons. The normalized spacial score (nSPS) is 24.5. The number of aliphatic carboxylic acids is 1. The van der Waals surface area contributed by atoms with Crippen LogP contribution in [0.3, 0.4) is 0 Å². The van der Waals surface area contributed by atoms with Gasteiger partial charge in [-0.15, -0.1) is 0 Å². The van der Waals surface area contributed by atoms with Crippen LogP contribution in [0.4, 0.5) is 4.79 Å². The Morgan fingerprint density at radius 3 is 2.86 bits per heavy atom. The monoisotopic (exact) mass is 306 g/mol. The Kier molecular flexibility index (Phi) is 4.05. The van der Waals surface area contributed by atoms with Gasteiger partial charge in [0.25, 0.3) is 0 Å². The number of carbonyl (C=O) groups is 2. The van der Waals surface area contributed by atoms with Gasteiger partial charge in [0.2, 0.25) is 0 Å². The van der Waals surface area contributed by atoms with E-state index in [2.05, 4.69) is 5.32 Å². The van der Waals surface area contributed by atoms with Gasteiger partial charge < -0.3 is 15.3 Å². The highest BCUT2D eigenvalue weighted by Crippen LogP contribution is 2.30. The number of nitrogens with zero attached hydrogens (tertiary/aromatic N) is 1.